The predicted molar refractivity (Wildman–Crippen MR) is 125 cm³/mol. The largest absolute Gasteiger partial charge is 0.351 e. The lowest BCUT2D eigenvalue weighted by molar-refractivity contribution is 0.0955. The summed E-state index contributed by atoms with van der Waals surface area (Å²) in [7, 11) is 0. The molecule has 1 aliphatic carbocycles. The fraction of sp³-hybridized carbons (Fsp3) is 0.375. The van der Waals surface area contributed by atoms with Gasteiger partial charge in [0, 0.05) is 50.0 Å². The number of thiophene rings is 1. The maximum Gasteiger partial charge on any atom is 0.261 e. The first-order chi connectivity index (χ1) is 15.3. The second-order valence-corrected chi connectivity index (χ2v) is 9.16. The Labute approximate surface area is 186 Å². The molecule has 0 radical (unpaired) electrons. The number of hydrogen-bond donors (Lipinski definition) is 1. The number of nitrogens with zero attached hydrogens (tertiary/aromatic N) is 4. The van der Waals surface area contributed by atoms with Gasteiger partial charge in [0.25, 0.3) is 5.91 Å². The van der Waals surface area contributed by atoms with Gasteiger partial charge in [-0.25, -0.2) is 9.97 Å². The summed E-state index contributed by atoms with van der Waals surface area (Å²) in [6.07, 6.45) is 6.63. The van der Waals surface area contributed by atoms with Crippen LogP contribution < -0.4 is 10.2 Å². The van der Waals surface area contributed by atoms with Crippen molar-refractivity contribution in [2.75, 3.05) is 44.2 Å². The highest BCUT2D eigenvalue weighted by molar-refractivity contribution is 7.17. The Morgan fingerprint density at radius 2 is 1.77 bits per heavy atom. The van der Waals surface area contributed by atoms with Crippen LogP contribution in [0.4, 0.5) is 5.95 Å². The molecule has 6 nitrogen and oxygen atoms in total. The first-order valence-electron chi connectivity index (χ1n) is 11.0. The van der Waals surface area contributed by atoms with Gasteiger partial charge in [-0.2, -0.15) is 0 Å². The lowest BCUT2D eigenvalue weighted by Crippen LogP contribution is -2.47. The fourth-order valence-electron chi connectivity index (χ4n) is 4.40. The third-order valence-electron chi connectivity index (χ3n) is 6.10. The number of piperazine rings is 1. The van der Waals surface area contributed by atoms with E-state index in [0.717, 1.165) is 62.8 Å². The van der Waals surface area contributed by atoms with Gasteiger partial charge >= 0.3 is 0 Å². The summed E-state index contributed by atoms with van der Waals surface area (Å²) in [5, 5.41) is 3.12. The summed E-state index contributed by atoms with van der Waals surface area (Å²) in [6.45, 7) is 5.60. The van der Waals surface area contributed by atoms with Crippen LogP contribution in [0.1, 0.15) is 27.2 Å². The quantitative estimate of drug-likeness (QED) is 0.605. The first-order valence-corrected chi connectivity index (χ1v) is 11.8. The second kappa shape index (κ2) is 9.16. The minimum Gasteiger partial charge on any atom is -0.351 e. The lowest BCUT2D eigenvalue weighted by Gasteiger charge is -2.34. The molecule has 1 saturated heterocycles. The zero-order chi connectivity index (χ0) is 21.0. The van der Waals surface area contributed by atoms with Gasteiger partial charge in [-0.3, -0.25) is 9.69 Å². The number of nitrogens with one attached hydrogen (secondary N) is 1. The number of benzene rings is 1. The van der Waals surface area contributed by atoms with Crippen LogP contribution in [0.15, 0.2) is 48.8 Å². The average molecular weight is 434 g/mol. The number of rotatable bonds is 6. The summed E-state index contributed by atoms with van der Waals surface area (Å²) in [6, 6.07) is 12.5. The number of amides is 1. The molecule has 1 aliphatic heterocycles. The number of fused-ring (bicyclic) bond motifs is 3. The van der Waals surface area contributed by atoms with E-state index in [2.05, 4.69) is 55.4 Å². The molecule has 7 heteroatoms. The molecule has 1 aromatic carbocycles. The van der Waals surface area contributed by atoms with Crippen LogP contribution in [-0.2, 0) is 12.8 Å². The van der Waals surface area contributed by atoms with Gasteiger partial charge in [0.15, 0.2) is 0 Å². The lowest BCUT2D eigenvalue weighted by atomic mass is 9.91. The number of carbonyl (C=O) groups excluding carboxylic acids is 1. The third-order valence-corrected chi connectivity index (χ3v) is 7.31. The zero-order valence-corrected chi connectivity index (χ0v) is 18.4. The highest BCUT2D eigenvalue weighted by Crippen LogP contribution is 2.39. The Kier molecular flexibility index (Phi) is 5.95. The SMILES string of the molecule is O=C(NCCCN1CCN(c2ncccn2)CC1)c1cc2c(s1)-c1ccccc1CC2. The molecule has 5 rings (SSSR count). The van der Waals surface area contributed by atoms with Crippen LogP contribution in [0, 0.1) is 0 Å². The molecule has 1 N–H and O–H groups in total. The Hall–Kier alpha value is -2.77. The Morgan fingerprint density at radius 1 is 1.00 bits per heavy atom. The average Bonchev–Trinajstić information content (AvgIpc) is 3.28. The summed E-state index contributed by atoms with van der Waals surface area (Å²) < 4.78 is 0. The zero-order valence-electron chi connectivity index (χ0n) is 17.6. The molecular weight excluding hydrogens is 406 g/mol. The molecule has 2 aromatic heterocycles. The van der Waals surface area contributed by atoms with Crippen molar-refractivity contribution in [3.05, 3.63) is 64.8 Å². The van der Waals surface area contributed by atoms with Gasteiger partial charge in [0.2, 0.25) is 5.95 Å². The fourth-order valence-corrected chi connectivity index (χ4v) is 5.59. The van der Waals surface area contributed by atoms with Crippen molar-refractivity contribution in [3.63, 3.8) is 0 Å². The predicted octanol–water partition coefficient (Wildman–Crippen LogP) is 3.25. The molecule has 0 atom stereocenters. The Morgan fingerprint density at radius 3 is 2.61 bits per heavy atom. The molecular formula is C24H27N5OS. The van der Waals surface area contributed by atoms with E-state index in [-0.39, 0.29) is 5.91 Å². The molecule has 0 unspecified atom stereocenters. The maximum atomic E-state index is 12.7. The van der Waals surface area contributed by atoms with E-state index < -0.39 is 0 Å². The van der Waals surface area contributed by atoms with Crippen molar-refractivity contribution >= 4 is 23.2 Å². The molecule has 2 aliphatic rings. The van der Waals surface area contributed by atoms with Gasteiger partial charge in [0.05, 0.1) is 4.88 Å². The van der Waals surface area contributed by atoms with Gasteiger partial charge in [-0.1, -0.05) is 24.3 Å². The van der Waals surface area contributed by atoms with Crippen molar-refractivity contribution < 1.29 is 4.79 Å². The van der Waals surface area contributed by atoms with Crippen LogP contribution in [0.5, 0.6) is 0 Å². The molecule has 0 bridgehead atoms. The topological polar surface area (TPSA) is 61.4 Å². The summed E-state index contributed by atoms with van der Waals surface area (Å²) in [5.74, 6) is 0.874. The van der Waals surface area contributed by atoms with E-state index in [1.165, 1.54) is 21.6 Å². The van der Waals surface area contributed by atoms with E-state index in [9.17, 15) is 4.79 Å². The van der Waals surface area contributed by atoms with Gasteiger partial charge in [-0.15, -0.1) is 11.3 Å². The molecule has 160 valence electrons. The molecule has 1 fully saturated rings. The van der Waals surface area contributed by atoms with Crippen LogP contribution in [0.3, 0.4) is 0 Å². The molecule has 3 heterocycles. The number of anilines is 1. The van der Waals surface area contributed by atoms with Crippen molar-refractivity contribution in [2.45, 2.75) is 19.3 Å². The summed E-state index contributed by atoms with van der Waals surface area (Å²) in [5.41, 5.74) is 4.00. The van der Waals surface area contributed by atoms with Crippen LogP contribution >= 0.6 is 11.3 Å². The second-order valence-electron chi connectivity index (χ2n) is 8.11. The molecule has 0 spiro atoms. The molecule has 3 aromatic rings. The van der Waals surface area contributed by atoms with Gasteiger partial charge in [-0.05, 0) is 54.6 Å². The summed E-state index contributed by atoms with van der Waals surface area (Å²) in [4.78, 5) is 28.1. The van der Waals surface area contributed by atoms with E-state index in [4.69, 9.17) is 0 Å². The normalized spacial score (nSPS) is 15.9. The standard InChI is InChI=1S/C24H27N5OS/c30-23(21-17-19-8-7-18-5-1-2-6-20(18)22(19)31-21)25-11-4-12-28-13-15-29(16-14-28)24-26-9-3-10-27-24/h1-3,5-6,9-10,17H,4,7-8,11-16H2,(H,25,30). The van der Waals surface area contributed by atoms with Crippen molar-refractivity contribution in [1.29, 1.82) is 0 Å². The highest BCUT2D eigenvalue weighted by Gasteiger charge is 2.21. The van der Waals surface area contributed by atoms with Crippen molar-refractivity contribution in [1.82, 2.24) is 20.2 Å². The summed E-state index contributed by atoms with van der Waals surface area (Å²) >= 11 is 1.63. The van der Waals surface area contributed by atoms with Crippen LogP contribution in [0.2, 0.25) is 0 Å². The minimum absolute atomic E-state index is 0.0583. The van der Waals surface area contributed by atoms with Crippen molar-refractivity contribution in [3.8, 4) is 10.4 Å². The molecule has 1 amide bonds. The minimum atomic E-state index is 0.0583. The number of hydrogen-bond acceptors (Lipinski definition) is 6. The monoisotopic (exact) mass is 433 g/mol. The smallest absolute Gasteiger partial charge is 0.261 e. The number of aromatic nitrogens is 2. The van der Waals surface area contributed by atoms with E-state index >= 15 is 0 Å². The molecule has 0 saturated carbocycles. The third kappa shape index (κ3) is 4.48. The Balaban J connectivity index is 1.08. The van der Waals surface area contributed by atoms with E-state index in [1.807, 2.05) is 6.07 Å². The van der Waals surface area contributed by atoms with Gasteiger partial charge < -0.3 is 10.2 Å². The molecule has 31 heavy (non-hydrogen) atoms. The van der Waals surface area contributed by atoms with Gasteiger partial charge in [0.1, 0.15) is 0 Å². The van der Waals surface area contributed by atoms with E-state index in [0.29, 0.717) is 6.54 Å². The highest BCUT2D eigenvalue weighted by atomic mass is 32.1. The maximum absolute atomic E-state index is 12.7. The number of aryl methyl sites for hydroxylation is 2. The van der Waals surface area contributed by atoms with Crippen molar-refractivity contribution in [2.24, 2.45) is 0 Å². The van der Waals surface area contributed by atoms with E-state index in [1.54, 1.807) is 23.7 Å². The first kappa shape index (κ1) is 20.2. The Bertz CT molecular complexity index is 1040. The van der Waals surface area contributed by atoms with Crippen LogP contribution in [-0.4, -0.2) is 60.0 Å². The van der Waals surface area contributed by atoms with Crippen LogP contribution in [0.25, 0.3) is 10.4 Å². The number of carbonyl (C=O) groups is 1.